The summed E-state index contributed by atoms with van der Waals surface area (Å²) in [6.45, 7) is 2.63. The first-order valence-corrected chi connectivity index (χ1v) is 6.87. The highest BCUT2D eigenvalue weighted by atomic mass is 19.1. The van der Waals surface area contributed by atoms with E-state index in [4.69, 9.17) is 0 Å². The molecule has 0 spiro atoms. The van der Waals surface area contributed by atoms with E-state index in [0.29, 0.717) is 6.54 Å². The van der Waals surface area contributed by atoms with Crippen LogP contribution < -0.4 is 0 Å². The molecule has 2 rings (SSSR count). The van der Waals surface area contributed by atoms with Crippen molar-refractivity contribution in [1.82, 2.24) is 4.90 Å². The van der Waals surface area contributed by atoms with E-state index in [1.165, 1.54) is 12.8 Å². The Balaban J connectivity index is 1.91. The number of hydrogen-bond acceptors (Lipinski definition) is 2. The highest BCUT2D eigenvalue weighted by Gasteiger charge is 2.15. The zero-order chi connectivity index (χ0) is 13.7. The first kappa shape index (κ1) is 14.1. The van der Waals surface area contributed by atoms with Gasteiger partial charge in [-0.15, -0.1) is 0 Å². The second-order valence-corrected chi connectivity index (χ2v) is 5.05. The van der Waals surface area contributed by atoms with Gasteiger partial charge in [0.05, 0.1) is 5.56 Å². The van der Waals surface area contributed by atoms with Crippen LogP contribution in [-0.4, -0.2) is 30.3 Å². The molecule has 2 nitrogen and oxygen atoms in total. The zero-order valence-electron chi connectivity index (χ0n) is 11.0. The maximum Gasteiger partial charge on any atom is 0.167 e. The smallest absolute Gasteiger partial charge is 0.167 e. The Kier molecular flexibility index (Phi) is 5.02. The van der Waals surface area contributed by atoms with Crippen LogP contribution >= 0.6 is 0 Å². The molecule has 0 N–H and O–H groups in total. The highest BCUT2D eigenvalue weighted by Crippen LogP contribution is 2.14. The molecule has 1 heterocycles. The van der Waals surface area contributed by atoms with E-state index >= 15 is 0 Å². The molecule has 0 radical (unpaired) electrons. The van der Waals surface area contributed by atoms with Gasteiger partial charge in [-0.05, 0) is 44.1 Å². The van der Waals surface area contributed by atoms with E-state index in [1.807, 2.05) is 0 Å². The summed E-state index contributed by atoms with van der Waals surface area (Å²) in [5.41, 5.74) is -0.130. The fourth-order valence-electron chi connectivity index (χ4n) is 2.47. The predicted octanol–water partition coefficient (Wildman–Crippen LogP) is 3.41. The number of carbonyl (C=O) groups excluding carboxylic acids is 1. The highest BCUT2D eigenvalue weighted by molar-refractivity contribution is 5.96. The molecule has 1 fully saturated rings. The number of hydrogen-bond donors (Lipinski definition) is 0. The number of halogens is 2. The van der Waals surface area contributed by atoms with Crippen molar-refractivity contribution in [3.05, 3.63) is 35.4 Å². The van der Waals surface area contributed by atoms with Crippen molar-refractivity contribution >= 4 is 5.78 Å². The van der Waals surface area contributed by atoms with Gasteiger partial charge in [-0.3, -0.25) is 4.79 Å². The fourth-order valence-corrected chi connectivity index (χ4v) is 2.47. The summed E-state index contributed by atoms with van der Waals surface area (Å²) >= 11 is 0. The average molecular weight is 267 g/mol. The van der Waals surface area contributed by atoms with Gasteiger partial charge in [0.25, 0.3) is 0 Å². The van der Waals surface area contributed by atoms with Crippen molar-refractivity contribution < 1.29 is 13.6 Å². The largest absolute Gasteiger partial charge is 0.303 e. The molecular formula is C15H19F2NO. The second-order valence-electron chi connectivity index (χ2n) is 5.05. The monoisotopic (exact) mass is 267 g/mol. The second kappa shape index (κ2) is 6.75. The molecule has 1 aliphatic heterocycles. The summed E-state index contributed by atoms with van der Waals surface area (Å²) in [7, 11) is 0. The quantitative estimate of drug-likeness (QED) is 0.779. The van der Waals surface area contributed by atoms with Gasteiger partial charge >= 0.3 is 0 Å². The molecule has 1 aromatic carbocycles. The van der Waals surface area contributed by atoms with Crippen LogP contribution in [0.1, 0.15) is 42.5 Å². The van der Waals surface area contributed by atoms with Crippen molar-refractivity contribution in [3.63, 3.8) is 0 Å². The molecule has 104 valence electrons. The summed E-state index contributed by atoms with van der Waals surface area (Å²) in [5, 5.41) is 0. The van der Waals surface area contributed by atoms with Gasteiger partial charge in [-0.2, -0.15) is 0 Å². The van der Waals surface area contributed by atoms with Crippen LogP contribution in [0.5, 0.6) is 0 Å². The Bertz CT molecular complexity index is 440. The molecule has 0 aliphatic carbocycles. The third-order valence-corrected chi connectivity index (χ3v) is 3.58. The lowest BCUT2D eigenvalue weighted by atomic mass is 10.1. The number of carbonyl (C=O) groups is 1. The Morgan fingerprint density at radius 1 is 1.11 bits per heavy atom. The van der Waals surface area contributed by atoms with Crippen LogP contribution in [-0.2, 0) is 0 Å². The minimum absolute atomic E-state index is 0.130. The first-order chi connectivity index (χ1) is 9.16. The normalized spacial score (nSPS) is 17.2. The lowest BCUT2D eigenvalue weighted by Gasteiger charge is -2.19. The van der Waals surface area contributed by atoms with Crippen LogP contribution in [0.25, 0.3) is 0 Å². The maximum absolute atomic E-state index is 13.4. The van der Waals surface area contributed by atoms with Crippen LogP contribution in [0.2, 0.25) is 0 Å². The van der Waals surface area contributed by atoms with E-state index < -0.39 is 11.6 Å². The van der Waals surface area contributed by atoms with Crippen molar-refractivity contribution in [2.24, 2.45) is 0 Å². The maximum atomic E-state index is 13.4. The Morgan fingerprint density at radius 3 is 2.47 bits per heavy atom. The molecule has 0 amide bonds. The van der Waals surface area contributed by atoms with Crippen molar-refractivity contribution in [2.45, 2.75) is 32.1 Å². The summed E-state index contributed by atoms with van der Waals surface area (Å²) in [6, 6.07) is 3.02. The van der Waals surface area contributed by atoms with Gasteiger partial charge < -0.3 is 4.90 Å². The molecule has 19 heavy (non-hydrogen) atoms. The molecular weight excluding hydrogens is 248 g/mol. The fraction of sp³-hybridized carbons (Fsp3) is 0.533. The van der Waals surface area contributed by atoms with Gasteiger partial charge in [-0.1, -0.05) is 12.8 Å². The average Bonchev–Trinajstić information content (AvgIpc) is 2.67. The summed E-state index contributed by atoms with van der Waals surface area (Å²) in [6.07, 6.45) is 5.04. The number of likely N-dealkylation sites (tertiary alicyclic amines) is 1. The lowest BCUT2D eigenvalue weighted by Crippen LogP contribution is -2.27. The van der Waals surface area contributed by atoms with Gasteiger partial charge in [0.15, 0.2) is 5.78 Å². The minimum atomic E-state index is -0.637. The van der Waals surface area contributed by atoms with E-state index in [2.05, 4.69) is 4.90 Å². The summed E-state index contributed by atoms with van der Waals surface area (Å²) in [4.78, 5) is 14.2. The van der Waals surface area contributed by atoms with Crippen LogP contribution in [0, 0.1) is 11.6 Å². The van der Waals surface area contributed by atoms with Crippen LogP contribution in [0.3, 0.4) is 0 Å². The van der Waals surface area contributed by atoms with Crippen LogP contribution in [0.15, 0.2) is 18.2 Å². The van der Waals surface area contributed by atoms with Crippen molar-refractivity contribution in [1.29, 1.82) is 0 Å². The molecule has 4 heteroatoms. The Hall–Kier alpha value is -1.29. The number of Topliss-reactive ketones (excluding diaryl/α,β-unsaturated/α-hetero) is 1. The molecule has 0 unspecified atom stereocenters. The number of benzene rings is 1. The van der Waals surface area contributed by atoms with Crippen molar-refractivity contribution in [3.8, 4) is 0 Å². The Morgan fingerprint density at radius 2 is 1.79 bits per heavy atom. The predicted molar refractivity (Wildman–Crippen MR) is 70.2 cm³/mol. The molecule has 0 aromatic heterocycles. The van der Waals surface area contributed by atoms with Gasteiger partial charge in [-0.25, -0.2) is 8.78 Å². The van der Waals surface area contributed by atoms with Gasteiger partial charge in [0.1, 0.15) is 11.6 Å². The third-order valence-electron chi connectivity index (χ3n) is 3.58. The topological polar surface area (TPSA) is 20.3 Å². The summed E-state index contributed by atoms with van der Waals surface area (Å²) in [5.74, 6) is -1.52. The lowest BCUT2D eigenvalue weighted by molar-refractivity contribution is 0.0960. The zero-order valence-corrected chi connectivity index (χ0v) is 11.0. The molecule has 1 saturated heterocycles. The molecule has 0 atom stereocenters. The molecule has 1 aliphatic rings. The number of rotatable bonds is 4. The molecule has 0 saturated carbocycles. The standard InChI is InChI=1S/C15H19F2NO/c16-12-5-6-14(17)13(11-12)15(19)7-10-18-8-3-1-2-4-9-18/h5-6,11H,1-4,7-10H2. The van der Waals surface area contributed by atoms with Crippen LogP contribution in [0.4, 0.5) is 8.78 Å². The summed E-state index contributed by atoms with van der Waals surface area (Å²) < 4.78 is 26.5. The molecule has 1 aromatic rings. The Labute approximate surface area is 112 Å². The van der Waals surface area contributed by atoms with E-state index in [0.717, 1.165) is 44.1 Å². The van der Waals surface area contributed by atoms with E-state index in [1.54, 1.807) is 0 Å². The first-order valence-electron chi connectivity index (χ1n) is 6.87. The number of nitrogens with zero attached hydrogens (tertiary/aromatic N) is 1. The number of ketones is 1. The van der Waals surface area contributed by atoms with Gasteiger partial charge in [0, 0.05) is 13.0 Å². The van der Waals surface area contributed by atoms with Gasteiger partial charge in [0.2, 0.25) is 0 Å². The SMILES string of the molecule is O=C(CCN1CCCCCC1)c1cc(F)ccc1F. The van der Waals surface area contributed by atoms with E-state index in [-0.39, 0.29) is 17.8 Å². The van der Waals surface area contributed by atoms with Crippen molar-refractivity contribution in [2.75, 3.05) is 19.6 Å². The molecule has 0 bridgehead atoms. The third kappa shape index (κ3) is 4.10. The minimum Gasteiger partial charge on any atom is -0.303 e. The van der Waals surface area contributed by atoms with E-state index in [9.17, 15) is 13.6 Å².